The Morgan fingerprint density at radius 2 is 2.17 bits per heavy atom. The summed E-state index contributed by atoms with van der Waals surface area (Å²) in [5.74, 6) is 0.281. The number of fused-ring (bicyclic) bond motifs is 2. The molecule has 0 atom stereocenters. The van der Waals surface area contributed by atoms with Crippen molar-refractivity contribution in [1.82, 2.24) is 9.88 Å². The van der Waals surface area contributed by atoms with E-state index in [2.05, 4.69) is 22.5 Å². The molecule has 1 aromatic carbocycles. The smallest absolute Gasteiger partial charge is 0.222 e. The van der Waals surface area contributed by atoms with Gasteiger partial charge in [0.05, 0.1) is 15.2 Å². The van der Waals surface area contributed by atoms with Crippen LogP contribution in [-0.4, -0.2) is 22.3 Å². The van der Waals surface area contributed by atoms with Crippen LogP contribution in [0, 0.1) is 0 Å². The van der Waals surface area contributed by atoms with Gasteiger partial charge in [-0.3, -0.25) is 4.79 Å². The summed E-state index contributed by atoms with van der Waals surface area (Å²) in [4.78, 5) is 20.5. The van der Waals surface area contributed by atoms with Gasteiger partial charge in [-0.2, -0.15) is 0 Å². The molecular formula is C18H18N2OS2. The average Bonchev–Trinajstić information content (AvgIpc) is 3.19. The molecule has 2 aromatic heterocycles. The quantitative estimate of drug-likeness (QED) is 0.709. The Morgan fingerprint density at radius 3 is 3.09 bits per heavy atom. The Kier molecular flexibility index (Phi) is 4.14. The van der Waals surface area contributed by atoms with Crippen molar-refractivity contribution in [2.75, 3.05) is 6.54 Å². The van der Waals surface area contributed by atoms with Gasteiger partial charge in [0, 0.05) is 24.4 Å². The second kappa shape index (κ2) is 6.42. The van der Waals surface area contributed by atoms with E-state index in [9.17, 15) is 4.79 Å². The number of aromatic nitrogens is 1. The molecule has 3 heterocycles. The highest BCUT2D eigenvalue weighted by Crippen LogP contribution is 2.25. The number of benzene rings is 1. The zero-order valence-electron chi connectivity index (χ0n) is 12.8. The third-order valence-electron chi connectivity index (χ3n) is 4.28. The molecule has 3 nitrogen and oxygen atoms in total. The minimum absolute atomic E-state index is 0.281. The molecule has 118 valence electrons. The van der Waals surface area contributed by atoms with Crippen molar-refractivity contribution in [3.63, 3.8) is 0 Å². The maximum atomic E-state index is 12.4. The lowest BCUT2D eigenvalue weighted by Crippen LogP contribution is -2.35. The first-order valence-corrected chi connectivity index (χ1v) is 9.67. The van der Waals surface area contributed by atoms with Crippen molar-refractivity contribution in [2.24, 2.45) is 0 Å². The van der Waals surface area contributed by atoms with Gasteiger partial charge in [-0.1, -0.05) is 12.1 Å². The van der Waals surface area contributed by atoms with E-state index in [1.165, 1.54) is 15.1 Å². The number of para-hydroxylation sites is 1. The van der Waals surface area contributed by atoms with Crippen molar-refractivity contribution < 1.29 is 4.79 Å². The zero-order chi connectivity index (χ0) is 15.6. The van der Waals surface area contributed by atoms with Crippen molar-refractivity contribution in [1.29, 1.82) is 0 Å². The minimum atomic E-state index is 0.281. The number of carbonyl (C=O) groups excluding carboxylic acids is 1. The van der Waals surface area contributed by atoms with Crippen molar-refractivity contribution in [3.8, 4) is 0 Å². The molecule has 0 bridgehead atoms. The first-order chi connectivity index (χ1) is 11.3. The monoisotopic (exact) mass is 342 g/mol. The molecule has 1 aliphatic rings. The van der Waals surface area contributed by atoms with E-state index in [0.29, 0.717) is 6.42 Å². The minimum Gasteiger partial charge on any atom is -0.338 e. The molecule has 4 rings (SSSR count). The summed E-state index contributed by atoms with van der Waals surface area (Å²) in [7, 11) is 0. The van der Waals surface area contributed by atoms with Gasteiger partial charge in [0.15, 0.2) is 0 Å². The van der Waals surface area contributed by atoms with Crippen LogP contribution in [0.3, 0.4) is 0 Å². The van der Waals surface area contributed by atoms with Crippen molar-refractivity contribution in [3.05, 3.63) is 51.2 Å². The summed E-state index contributed by atoms with van der Waals surface area (Å²) in [6.45, 7) is 1.66. The Morgan fingerprint density at radius 1 is 1.26 bits per heavy atom. The molecule has 0 saturated carbocycles. The Bertz CT molecular complexity index is 803. The summed E-state index contributed by atoms with van der Waals surface area (Å²) in [6, 6.07) is 10.4. The summed E-state index contributed by atoms with van der Waals surface area (Å²) in [6.07, 6.45) is 3.40. The molecule has 0 N–H and O–H groups in total. The Hall–Kier alpha value is -1.72. The van der Waals surface area contributed by atoms with Crippen LogP contribution < -0.4 is 0 Å². The molecule has 5 heteroatoms. The van der Waals surface area contributed by atoms with Crippen LogP contribution in [0.5, 0.6) is 0 Å². The fraction of sp³-hybridized carbons (Fsp3) is 0.333. The lowest BCUT2D eigenvalue weighted by atomic mass is 10.1. The maximum Gasteiger partial charge on any atom is 0.222 e. The predicted octanol–water partition coefficient (Wildman–Crippen LogP) is 4.27. The molecule has 0 aliphatic carbocycles. The molecule has 0 saturated heterocycles. The van der Waals surface area contributed by atoms with E-state index >= 15 is 0 Å². The summed E-state index contributed by atoms with van der Waals surface area (Å²) in [5.41, 5.74) is 2.40. The van der Waals surface area contributed by atoms with E-state index < -0.39 is 0 Å². The van der Waals surface area contributed by atoms with Gasteiger partial charge in [-0.15, -0.1) is 22.7 Å². The highest BCUT2D eigenvalue weighted by molar-refractivity contribution is 7.18. The van der Waals surface area contributed by atoms with E-state index in [1.54, 1.807) is 11.3 Å². The number of nitrogens with zero attached hydrogens (tertiary/aromatic N) is 2. The normalized spacial score (nSPS) is 14.2. The molecule has 0 fully saturated rings. The molecule has 0 spiro atoms. The van der Waals surface area contributed by atoms with Crippen molar-refractivity contribution in [2.45, 2.75) is 32.2 Å². The van der Waals surface area contributed by atoms with Gasteiger partial charge < -0.3 is 4.90 Å². The van der Waals surface area contributed by atoms with Gasteiger partial charge >= 0.3 is 0 Å². The highest BCUT2D eigenvalue weighted by atomic mass is 32.1. The van der Waals surface area contributed by atoms with Crippen LogP contribution in [0.1, 0.15) is 28.3 Å². The second-order valence-electron chi connectivity index (χ2n) is 5.86. The topological polar surface area (TPSA) is 33.2 Å². The van der Waals surface area contributed by atoms with Gasteiger partial charge in [-0.05, 0) is 48.4 Å². The van der Waals surface area contributed by atoms with Crippen LogP contribution in [-0.2, 0) is 24.2 Å². The van der Waals surface area contributed by atoms with Crippen LogP contribution in [0.2, 0.25) is 0 Å². The number of aryl methyl sites for hydroxylation is 1. The number of thiazole rings is 1. The summed E-state index contributed by atoms with van der Waals surface area (Å²) in [5, 5.41) is 3.27. The molecule has 3 aromatic rings. The van der Waals surface area contributed by atoms with E-state index in [0.717, 1.165) is 42.9 Å². The number of carbonyl (C=O) groups is 1. The molecule has 23 heavy (non-hydrogen) atoms. The zero-order valence-corrected chi connectivity index (χ0v) is 14.5. The van der Waals surface area contributed by atoms with Crippen LogP contribution in [0.25, 0.3) is 10.2 Å². The molecule has 0 unspecified atom stereocenters. The first-order valence-electron chi connectivity index (χ1n) is 7.97. The van der Waals surface area contributed by atoms with Crippen molar-refractivity contribution >= 4 is 38.8 Å². The largest absolute Gasteiger partial charge is 0.338 e. The second-order valence-corrected chi connectivity index (χ2v) is 7.98. The average molecular weight is 342 g/mol. The van der Waals surface area contributed by atoms with Crippen LogP contribution in [0.15, 0.2) is 35.7 Å². The number of hydrogen-bond donors (Lipinski definition) is 0. The Balaban J connectivity index is 1.32. The number of rotatable bonds is 4. The SMILES string of the molecule is O=C(CCCc1nc2ccccc2s1)N1CCc2sccc2C1. The fourth-order valence-electron chi connectivity index (χ4n) is 3.04. The van der Waals surface area contributed by atoms with Gasteiger partial charge in [-0.25, -0.2) is 4.98 Å². The maximum absolute atomic E-state index is 12.4. The number of thiophene rings is 1. The highest BCUT2D eigenvalue weighted by Gasteiger charge is 2.21. The Labute approximate surface area is 143 Å². The van der Waals surface area contributed by atoms with E-state index in [-0.39, 0.29) is 5.91 Å². The summed E-state index contributed by atoms with van der Waals surface area (Å²) >= 11 is 3.55. The predicted molar refractivity (Wildman–Crippen MR) is 96.0 cm³/mol. The number of amides is 1. The van der Waals surface area contributed by atoms with Crippen LogP contribution >= 0.6 is 22.7 Å². The molecule has 1 aliphatic heterocycles. The van der Waals surface area contributed by atoms with Crippen LogP contribution in [0.4, 0.5) is 0 Å². The third-order valence-corrected chi connectivity index (χ3v) is 6.40. The molecular weight excluding hydrogens is 324 g/mol. The summed E-state index contributed by atoms with van der Waals surface area (Å²) < 4.78 is 1.23. The fourth-order valence-corrected chi connectivity index (χ4v) is 4.94. The van der Waals surface area contributed by atoms with Gasteiger partial charge in [0.1, 0.15) is 0 Å². The lowest BCUT2D eigenvalue weighted by molar-refractivity contribution is -0.132. The van der Waals surface area contributed by atoms with E-state index in [4.69, 9.17) is 0 Å². The van der Waals surface area contributed by atoms with Gasteiger partial charge in [0.25, 0.3) is 0 Å². The number of hydrogen-bond acceptors (Lipinski definition) is 4. The molecule has 0 radical (unpaired) electrons. The molecule has 1 amide bonds. The van der Waals surface area contributed by atoms with E-state index in [1.807, 2.05) is 34.4 Å². The third kappa shape index (κ3) is 3.16. The van der Waals surface area contributed by atoms with Gasteiger partial charge in [0.2, 0.25) is 5.91 Å². The first kappa shape index (κ1) is 14.8. The standard InChI is InChI=1S/C18H18N2OS2/c21-18(20-10-8-15-13(12-20)9-11-22-15)7-3-6-17-19-14-4-1-2-5-16(14)23-17/h1-2,4-5,9,11H,3,6-8,10,12H2. The lowest BCUT2D eigenvalue weighted by Gasteiger charge is -2.27.